The van der Waals surface area contributed by atoms with Crippen molar-refractivity contribution in [3.8, 4) is 11.5 Å². The van der Waals surface area contributed by atoms with E-state index in [-0.39, 0.29) is 16.3 Å². The van der Waals surface area contributed by atoms with Crippen LogP contribution in [0.4, 0.5) is 5.69 Å². The van der Waals surface area contributed by atoms with Crippen molar-refractivity contribution in [1.82, 2.24) is 0 Å². The molecule has 10 heteroatoms. The Morgan fingerprint density at radius 1 is 1.22 bits per heavy atom. The number of carbonyl (C=O) groups excluding carboxylic acids is 2. The van der Waals surface area contributed by atoms with Gasteiger partial charge >= 0.3 is 11.9 Å². The van der Waals surface area contributed by atoms with Crippen molar-refractivity contribution < 1.29 is 33.7 Å². The van der Waals surface area contributed by atoms with Crippen LogP contribution in [0.2, 0.25) is 5.02 Å². The zero-order chi connectivity index (χ0) is 26.4. The highest BCUT2D eigenvalue weighted by Crippen LogP contribution is 2.38. The van der Waals surface area contributed by atoms with E-state index in [0.29, 0.717) is 41.3 Å². The van der Waals surface area contributed by atoms with Gasteiger partial charge in [0, 0.05) is 0 Å². The normalized spacial score (nSPS) is 15.0. The fourth-order valence-electron chi connectivity index (χ4n) is 3.58. The topological polar surface area (TPSA) is 115 Å². The molecule has 1 heterocycles. The van der Waals surface area contributed by atoms with E-state index in [0.717, 1.165) is 6.42 Å². The number of hydrazone groups is 1. The number of nitrogens with zero attached hydrogens (tertiary/aromatic N) is 2. The number of carbonyl (C=O) groups is 3. The SMILES string of the molecule is CCCC1=NN(c2cccc(C(=O)O)c2)C(=O)/C1=C\c1cc(Cl)c(OC(C)C(=O)OC)c(OCC)c1. The van der Waals surface area contributed by atoms with Gasteiger partial charge in [0.25, 0.3) is 5.91 Å². The van der Waals surface area contributed by atoms with Gasteiger partial charge < -0.3 is 19.3 Å². The lowest BCUT2D eigenvalue weighted by molar-refractivity contribution is -0.147. The van der Waals surface area contributed by atoms with Crippen molar-refractivity contribution in [2.45, 2.75) is 39.7 Å². The second kappa shape index (κ2) is 11.7. The van der Waals surface area contributed by atoms with Crippen molar-refractivity contribution in [2.75, 3.05) is 18.7 Å². The van der Waals surface area contributed by atoms with Gasteiger partial charge in [0.05, 0.1) is 41.3 Å². The van der Waals surface area contributed by atoms with Crippen molar-refractivity contribution >= 4 is 46.9 Å². The van der Waals surface area contributed by atoms with Gasteiger partial charge in [-0.15, -0.1) is 0 Å². The van der Waals surface area contributed by atoms with Crippen molar-refractivity contribution in [3.05, 3.63) is 58.1 Å². The van der Waals surface area contributed by atoms with Gasteiger partial charge in [-0.25, -0.2) is 9.59 Å². The molecule has 0 radical (unpaired) electrons. The molecular formula is C26H27ClN2O7. The van der Waals surface area contributed by atoms with Crippen LogP contribution in [0, 0.1) is 0 Å². The fourth-order valence-corrected chi connectivity index (χ4v) is 3.84. The molecule has 0 fully saturated rings. The van der Waals surface area contributed by atoms with Gasteiger partial charge in [-0.05, 0) is 62.2 Å². The number of halogens is 1. The van der Waals surface area contributed by atoms with E-state index >= 15 is 0 Å². The number of anilines is 1. The number of hydrogen-bond donors (Lipinski definition) is 1. The first-order valence-electron chi connectivity index (χ1n) is 11.4. The second-order valence-corrected chi connectivity index (χ2v) is 8.28. The monoisotopic (exact) mass is 514 g/mol. The van der Waals surface area contributed by atoms with Crippen LogP contribution in [0.3, 0.4) is 0 Å². The third-order valence-electron chi connectivity index (χ3n) is 5.25. The van der Waals surface area contributed by atoms with E-state index in [2.05, 4.69) is 5.10 Å². The lowest BCUT2D eigenvalue weighted by Gasteiger charge is -2.18. The molecule has 1 N–H and O–H groups in total. The predicted molar refractivity (Wildman–Crippen MR) is 136 cm³/mol. The molecule has 0 saturated carbocycles. The average molecular weight is 515 g/mol. The molecule has 190 valence electrons. The Kier molecular flexibility index (Phi) is 8.71. The molecule has 36 heavy (non-hydrogen) atoms. The lowest BCUT2D eigenvalue weighted by atomic mass is 10.0. The number of rotatable bonds is 10. The van der Waals surface area contributed by atoms with Crippen LogP contribution in [0.5, 0.6) is 11.5 Å². The Labute approximate surface area is 213 Å². The summed E-state index contributed by atoms with van der Waals surface area (Å²) in [6.07, 6.45) is 2.03. The van der Waals surface area contributed by atoms with Gasteiger partial charge in [0.15, 0.2) is 17.6 Å². The maximum Gasteiger partial charge on any atom is 0.346 e. The molecule has 9 nitrogen and oxygen atoms in total. The molecule has 0 aromatic heterocycles. The molecule has 3 rings (SSSR count). The third kappa shape index (κ3) is 5.85. The van der Waals surface area contributed by atoms with Crippen LogP contribution < -0.4 is 14.5 Å². The van der Waals surface area contributed by atoms with Crippen LogP contribution in [0.25, 0.3) is 6.08 Å². The molecule has 1 amide bonds. The molecule has 2 aromatic rings. The van der Waals surface area contributed by atoms with Gasteiger partial charge in [-0.1, -0.05) is 31.0 Å². The Balaban J connectivity index is 2.01. The first kappa shape index (κ1) is 26.7. The molecule has 1 aliphatic heterocycles. The quantitative estimate of drug-likeness (QED) is 0.352. The second-order valence-electron chi connectivity index (χ2n) is 7.87. The maximum absolute atomic E-state index is 13.3. The maximum atomic E-state index is 13.3. The Hall–Kier alpha value is -3.85. The molecule has 1 unspecified atom stereocenters. The summed E-state index contributed by atoms with van der Waals surface area (Å²) in [5.41, 5.74) is 1.89. The summed E-state index contributed by atoms with van der Waals surface area (Å²) in [4.78, 5) is 36.5. The fraction of sp³-hybridized carbons (Fsp3) is 0.308. The minimum absolute atomic E-state index is 0.0508. The first-order chi connectivity index (χ1) is 17.2. The number of aromatic carboxylic acids is 1. The van der Waals surface area contributed by atoms with E-state index in [1.165, 1.54) is 31.2 Å². The van der Waals surface area contributed by atoms with E-state index in [9.17, 15) is 19.5 Å². The van der Waals surface area contributed by atoms with E-state index in [4.69, 9.17) is 25.8 Å². The molecule has 0 bridgehead atoms. The van der Waals surface area contributed by atoms with Crippen LogP contribution in [-0.4, -0.2) is 48.5 Å². The zero-order valence-corrected chi connectivity index (χ0v) is 21.2. The molecular weight excluding hydrogens is 488 g/mol. The van der Waals surface area contributed by atoms with Crippen molar-refractivity contribution in [1.29, 1.82) is 0 Å². The lowest BCUT2D eigenvalue weighted by Crippen LogP contribution is -2.25. The third-order valence-corrected chi connectivity index (χ3v) is 5.53. The molecule has 1 aliphatic rings. The average Bonchev–Trinajstić information content (AvgIpc) is 3.16. The smallest absolute Gasteiger partial charge is 0.346 e. The van der Waals surface area contributed by atoms with E-state index < -0.39 is 23.9 Å². The number of methoxy groups -OCH3 is 1. The predicted octanol–water partition coefficient (Wildman–Crippen LogP) is 4.96. The standard InChI is InChI=1S/C26H27ClN2O7/c1-5-8-21-19(24(30)29(28-21)18-10-7-9-17(14-18)25(31)32)11-16-12-20(27)23(22(13-16)35-6-2)36-15(3)26(33)34-4/h7,9-15H,5-6,8H2,1-4H3,(H,31,32)/b19-11-. The Morgan fingerprint density at radius 2 is 1.97 bits per heavy atom. The minimum atomic E-state index is -1.10. The molecule has 0 spiro atoms. The van der Waals surface area contributed by atoms with Crippen molar-refractivity contribution in [3.63, 3.8) is 0 Å². The molecule has 2 aromatic carbocycles. The minimum Gasteiger partial charge on any atom is -0.490 e. The van der Waals surface area contributed by atoms with Crippen LogP contribution >= 0.6 is 11.6 Å². The van der Waals surface area contributed by atoms with Gasteiger partial charge in [0.2, 0.25) is 0 Å². The van der Waals surface area contributed by atoms with Gasteiger partial charge in [-0.2, -0.15) is 10.1 Å². The number of ether oxygens (including phenoxy) is 3. The first-order valence-corrected chi connectivity index (χ1v) is 11.8. The molecule has 0 saturated heterocycles. The van der Waals surface area contributed by atoms with Gasteiger partial charge in [-0.3, -0.25) is 4.79 Å². The van der Waals surface area contributed by atoms with Crippen LogP contribution in [-0.2, 0) is 14.3 Å². The number of hydrogen-bond acceptors (Lipinski definition) is 7. The number of benzene rings is 2. The summed E-state index contributed by atoms with van der Waals surface area (Å²) in [5, 5.41) is 15.2. The summed E-state index contributed by atoms with van der Waals surface area (Å²) < 4.78 is 16.1. The highest BCUT2D eigenvalue weighted by atomic mass is 35.5. The number of carboxylic acid groups (broad SMARTS) is 1. The largest absolute Gasteiger partial charge is 0.490 e. The van der Waals surface area contributed by atoms with Crippen LogP contribution in [0.15, 0.2) is 47.1 Å². The highest BCUT2D eigenvalue weighted by Gasteiger charge is 2.31. The number of amides is 1. The Morgan fingerprint density at radius 3 is 2.61 bits per heavy atom. The zero-order valence-electron chi connectivity index (χ0n) is 20.4. The summed E-state index contributed by atoms with van der Waals surface area (Å²) >= 11 is 6.49. The van der Waals surface area contributed by atoms with E-state index in [1.54, 1.807) is 37.3 Å². The van der Waals surface area contributed by atoms with Crippen molar-refractivity contribution in [2.24, 2.45) is 5.10 Å². The number of carboxylic acids is 1. The van der Waals surface area contributed by atoms with E-state index in [1.807, 2.05) is 6.92 Å². The summed E-state index contributed by atoms with van der Waals surface area (Å²) in [5.74, 6) is -1.57. The molecule has 1 atom stereocenters. The Bertz CT molecular complexity index is 1240. The van der Waals surface area contributed by atoms with Gasteiger partial charge in [0.1, 0.15) is 0 Å². The van der Waals surface area contributed by atoms with Crippen LogP contribution in [0.1, 0.15) is 49.5 Å². The summed E-state index contributed by atoms with van der Waals surface area (Å²) in [7, 11) is 1.26. The summed E-state index contributed by atoms with van der Waals surface area (Å²) in [6, 6.07) is 9.29. The highest BCUT2D eigenvalue weighted by molar-refractivity contribution is 6.34. The summed E-state index contributed by atoms with van der Waals surface area (Å²) in [6.45, 7) is 5.61. The molecule has 0 aliphatic carbocycles. The number of esters is 1.